The van der Waals surface area contributed by atoms with Crippen LogP contribution in [0.3, 0.4) is 0 Å². The Morgan fingerprint density at radius 2 is 2.30 bits per heavy atom. The lowest BCUT2D eigenvalue weighted by Crippen LogP contribution is -2.29. The number of urea groups is 1. The second-order valence-electron chi connectivity index (χ2n) is 3.90. The van der Waals surface area contributed by atoms with Gasteiger partial charge in [-0.25, -0.2) is 19.7 Å². The Hall–Kier alpha value is -1.67. The molecule has 0 saturated carbocycles. The molecule has 2 rings (SSSR count). The number of thioether (sulfide) groups is 1. The number of hydrogen-bond acceptors (Lipinski definition) is 6. The number of nitrogens with zero attached hydrogens (tertiary/aromatic N) is 3. The van der Waals surface area contributed by atoms with E-state index in [9.17, 15) is 4.79 Å². The van der Waals surface area contributed by atoms with Gasteiger partial charge < -0.3 is 5.32 Å². The third kappa shape index (κ3) is 5.14. The molecule has 2 aromatic rings. The summed E-state index contributed by atoms with van der Waals surface area (Å²) in [6.07, 6.45) is 4.26. The fourth-order valence-corrected chi connectivity index (χ4v) is 2.70. The molecule has 2 heterocycles. The van der Waals surface area contributed by atoms with E-state index in [1.807, 2.05) is 18.4 Å². The maximum Gasteiger partial charge on any atom is 0.321 e. The molecule has 0 atom stereocenters. The van der Waals surface area contributed by atoms with E-state index in [1.165, 1.54) is 11.3 Å². The molecule has 0 radical (unpaired) electrons. The van der Waals surface area contributed by atoms with Gasteiger partial charge in [0, 0.05) is 35.8 Å². The summed E-state index contributed by atoms with van der Waals surface area (Å²) < 4.78 is 0. The number of anilines is 1. The Kier molecular flexibility index (Phi) is 5.75. The fourth-order valence-electron chi connectivity index (χ4n) is 1.36. The smallest absolute Gasteiger partial charge is 0.321 e. The highest BCUT2D eigenvalue weighted by atomic mass is 32.2. The van der Waals surface area contributed by atoms with E-state index >= 15 is 0 Å². The fraction of sp³-hybridized carbons (Fsp3) is 0.333. The van der Waals surface area contributed by atoms with Crippen LogP contribution in [0.5, 0.6) is 0 Å². The summed E-state index contributed by atoms with van der Waals surface area (Å²) in [4.78, 5) is 23.9. The van der Waals surface area contributed by atoms with E-state index in [4.69, 9.17) is 0 Å². The van der Waals surface area contributed by atoms with Crippen LogP contribution in [-0.4, -0.2) is 33.3 Å². The minimum Gasteiger partial charge on any atom is -0.338 e. The normalized spacial score (nSPS) is 10.2. The van der Waals surface area contributed by atoms with E-state index in [2.05, 4.69) is 25.6 Å². The Balaban J connectivity index is 1.58. The summed E-state index contributed by atoms with van der Waals surface area (Å²) in [5.41, 5.74) is 0.962. The molecule has 0 aromatic carbocycles. The zero-order valence-corrected chi connectivity index (χ0v) is 12.6. The van der Waals surface area contributed by atoms with Crippen LogP contribution >= 0.6 is 23.1 Å². The van der Waals surface area contributed by atoms with E-state index in [1.54, 1.807) is 24.2 Å². The number of aromatic nitrogens is 3. The first-order valence-corrected chi connectivity index (χ1v) is 7.97. The van der Waals surface area contributed by atoms with Crippen LogP contribution in [-0.2, 0) is 0 Å². The summed E-state index contributed by atoms with van der Waals surface area (Å²) in [5, 5.41) is 8.64. The van der Waals surface area contributed by atoms with E-state index < -0.39 is 0 Å². The standard InChI is InChI=1S/C12H15N5OS2/c1-9-3-5-14-11(16-9)19-7-2-4-13-10(18)17-12-15-6-8-20-12/h3,5-6,8H,2,4,7H2,1H3,(H2,13,15,17,18). The molecule has 2 N–H and O–H groups in total. The van der Waals surface area contributed by atoms with E-state index in [0.717, 1.165) is 23.0 Å². The average molecular weight is 309 g/mol. The van der Waals surface area contributed by atoms with Gasteiger partial charge in [0.05, 0.1) is 0 Å². The molecule has 0 aliphatic heterocycles. The average Bonchev–Trinajstić information content (AvgIpc) is 2.91. The van der Waals surface area contributed by atoms with Gasteiger partial charge >= 0.3 is 6.03 Å². The lowest BCUT2D eigenvalue weighted by molar-refractivity contribution is 0.252. The van der Waals surface area contributed by atoms with Gasteiger partial charge in [0.15, 0.2) is 10.3 Å². The minimum atomic E-state index is -0.225. The zero-order chi connectivity index (χ0) is 14.2. The van der Waals surface area contributed by atoms with Gasteiger partial charge in [0.25, 0.3) is 0 Å². The van der Waals surface area contributed by atoms with Crippen molar-refractivity contribution < 1.29 is 4.79 Å². The highest BCUT2D eigenvalue weighted by molar-refractivity contribution is 7.99. The molecule has 0 bridgehead atoms. The number of hydrogen-bond donors (Lipinski definition) is 2. The first-order chi connectivity index (χ1) is 9.74. The number of nitrogens with one attached hydrogen (secondary N) is 2. The van der Waals surface area contributed by atoms with Crippen molar-refractivity contribution in [2.45, 2.75) is 18.5 Å². The quantitative estimate of drug-likeness (QED) is 0.487. The van der Waals surface area contributed by atoms with Gasteiger partial charge in [-0.2, -0.15) is 0 Å². The Bertz CT molecular complexity index is 547. The number of carbonyl (C=O) groups excluding carboxylic acids is 1. The number of rotatable bonds is 6. The van der Waals surface area contributed by atoms with Crippen LogP contribution in [0, 0.1) is 6.92 Å². The van der Waals surface area contributed by atoms with E-state index in [-0.39, 0.29) is 6.03 Å². The van der Waals surface area contributed by atoms with Gasteiger partial charge in [-0.3, -0.25) is 5.32 Å². The molecule has 0 aliphatic carbocycles. The van der Waals surface area contributed by atoms with Crippen LogP contribution in [0.15, 0.2) is 29.0 Å². The van der Waals surface area contributed by atoms with Crippen LogP contribution < -0.4 is 10.6 Å². The Labute approximate surface area is 125 Å². The molecule has 0 fully saturated rings. The summed E-state index contributed by atoms with van der Waals surface area (Å²) in [6, 6.07) is 1.64. The first kappa shape index (κ1) is 14.7. The third-order valence-electron chi connectivity index (χ3n) is 2.26. The van der Waals surface area contributed by atoms with Gasteiger partial charge in [0.2, 0.25) is 0 Å². The Morgan fingerprint density at radius 3 is 3.05 bits per heavy atom. The molecule has 0 unspecified atom stereocenters. The lowest BCUT2D eigenvalue weighted by Gasteiger charge is -2.05. The van der Waals surface area contributed by atoms with Gasteiger partial charge in [-0.05, 0) is 19.4 Å². The van der Waals surface area contributed by atoms with Crippen molar-refractivity contribution >= 4 is 34.3 Å². The highest BCUT2D eigenvalue weighted by Gasteiger charge is 2.02. The van der Waals surface area contributed by atoms with Crippen LogP contribution in [0.2, 0.25) is 0 Å². The first-order valence-electron chi connectivity index (χ1n) is 6.11. The van der Waals surface area contributed by atoms with Gasteiger partial charge in [0.1, 0.15) is 0 Å². The molecule has 0 spiro atoms. The van der Waals surface area contributed by atoms with E-state index in [0.29, 0.717) is 11.7 Å². The van der Waals surface area contributed by atoms with Gasteiger partial charge in [-0.15, -0.1) is 11.3 Å². The topological polar surface area (TPSA) is 79.8 Å². The monoisotopic (exact) mass is 309 g/mol. The van der Waals surface area contributed by atoms with Crippen molar-refractivity contribution in [3.8, 4) is 0 Å². The Morgan fingerprint density at radius 1 is 1.40 bits per heavy atom. The number of amides is 2. The predicted octanol–water partition coefficient (Wildman–Crippen LogP) is 2.55. The van der Waals surface area contributed by atoms with Crippen LogP contribution in [0.4, 0.5) is 9.93 Å². The van der Waals surface area contributed by atoms with Crippen molar-refractivity contribution in [3.63, 3.8) is 0 Å². The molecule has 0 aliphatic rings. The molecular formula is C12H15N5OS2. The summed E-state index contributed by atoms with van der Waals surface area (Å²) >= 11 is 2.98. The molecule has 8 heteroatoms. The maximum absolute atomic E-state index is 11.5. The van der Waals surface area contributed by atoms with Crippen molar-refractivity contribution in [2.75, 3.05) is 17.6 Å². The molecule has 20 heavy (non-hydrogen) atoms. The summed E-state index contributed by atoms with van der Waals surface area (Å²) in [5.74, 6) is 0.862. The highest BCUT2D eigenvalue weighted by Crippen LogP contribution is 2.13. The van der Waals surface area contributed by atoms with Gasteiger partial charge in [-0.1, -0.05) is 11.8 Å². The third-order valence-corrected chi connectivity index (χ3v) is 3.90. The molecule has 2 aromatic heterocycles. The largest absolute Gasteiger partial charge is 0.338 e. The lowest BCUT2D eigenvalue weighted by atomic mass is 10.5. The number of thiazole rings is 1. The minimum absolute atomic E-state index is 0.225. The summed E-state index contributed by atoms with van der Waals surface area (Å²) in [7, 11) is 0. The molecular weight excluding hydrogens is 294 g/mol. The van der Waals surface area contributed by atoms with Crippen LogP contribution in [0.25, 0.3) is 0 Å². The second kappa shape index (κ2) is 7.81. The molecule has 0 saturated heterocycles. The zero-order valence-electron chi connectivity index (χ0n) is 11.0. The molecule has 2 amide bonds. The maximum atomic E-state index is 11.5. The van der Waals surface area contributed by atoms with Crippen molar-refractivity contribution in [3.05, 3.63) is 29.5 Å². The van der Waals surface area contributed by atoms with Crippen molar-refractivity contribution in [2.24, 2.45) is 0 Å². The number of carbonyl (C=O) groups is 1. The second-order valence-corrected chi connectivity index (χ2v) is 5.86. The predicted molar refractivity (Wildman–Crippen MR) is 81.2 cm³/mol. The summed E-state index contributed by atoms with van der Waals surface area (Å²) in [6.45, 7) is 2.55. The molecule has 6 nitrogen and oxygen atoms in total. The molecule has 106 valence electrons. The number of aryl methyl sites for hydroxylation is 1. The van der Waals surface area contributed by atoms with Crippen LogP contribution in [0.1, 0.15) is 12.1 Å². The van der Waals surface area contributed by atoms with Crippen molar-refractivity contribution in [1.29, 1.82) is 0 Å². The van der Waals surface area contributed by atoms with Crippen molar-refractivity contribution in [1.82, 2.24) is 20.3 Å². The SMILES string of the molecule is Cc1ccnc(SCCCNC(=O)Nc2nccs2)n1.